The van der Waals surface area contributed by atoms with Gasteiger partial charge >= 0.3 is 0 Å². The molecule has 0 heterocycles. The number of rotatable bonds is 7. The molecule has 0 spiro atoms. The number of ether oxygens (including phenoxy) is 3. The van der Waals surface area contributed by atoms with Crippen LogP contribution in [0.15, 0.2) is 18.2 Å². The van der Waals surface area contributed by atoms with E-state index in [0.29, 0.717) is 18.1 Å². The Morgan fingerprint density at radius 3 is 2.44 bits per heavy atom. The minimum absolute atomic E-state index is 0.0521. The van der Waals surface area contributed by atoms with E-state index in [0.717, 1.165) is 12.0 Å². The molecule has 0 aromatic heterocycles. The summed E-state index contributed by atoms with van der Waals surface area (Å²) in [4.78, 5) is 0. The molecule has 0 aliphatic heterocycles. The Balaban J connectivity index is 2.76. The van der Waals surface area contributed by atoms with E-state index in [4.69, 9.17) is 14.2 Å². The summed E-state index contributed by atoms with van der Waals surface area (Å²) in [5.41, 5.74) is 0.809. The fourth-order valence-corrected chi connectivity index (χ4v) is 1.60. The Kier molecular flexibility index (Phi) is 5.95. The fraction of sp³-hybridized carbons (Fsp3) is 0.571. The molecule has 0 bridgehead atoms. The van der Waals surface area contributed by atoms with Crippen molar-refractivity contribution in [3.05, 3.63) is 23.8 Å². The van der Waals surface area contributed by atoms with Crippen molar-refractivity contribution in [2.24, 2.45) is 0 Å². The van der Waals surface area contributed by atoms with Crippen LogP contribution in [0.1, 0.15) is 31.9 Å². The summed E-state index contributed by atoms with van der Waals surface area (Å²) in [5.74, 6) is 1.32. The standard InChI is InChI=1S/C14H22O4/c1-10(7-8-16-3)18-13-6-5-12(11(2)15)9-14(13)17-4/h5-6,9-11,15H,7-8H2,1-4H3/t10?,11-/m1/s1. The highest BCUT2D eigenvalue weighted by Crippen LogP contribution is 2.31. The zero-order valence-corrected chi connectivity index (χ0v) is 11.5. The summed E-state index contributed by atoms with van der Waals surface area (Å²) in [6, 6.07) is 5.46. The van der Waals surface area contributed by atoms with Crippen LogP contribution >= 0.6 is 0 Å². The van der Waals surface area contributed by atoms with Gasteiger partial charge in [0.25, 0.3) is 0 Å². The maximum Gasteiger partial charge on any atom is 0.161 e. The van der Waals surface area contributed by atoms with Crippen LogP contribution in [0.5, 0.6) is 11.5 Å². The molecule has 4 heteroatoms. The van der Waals surface area contributed by atoms with Gasteiger partial charge in [-0.05, 0) is 31.5 Å². The summed E-state index contributed by atoms with van der Waals surface area (Å²) in [5, 5.41) is 9.52. The summed E-state index contributed by atoms with van der Waals surface area (Å²) in [7, 11) is 3.26. The zero-order chi connectivity index (χ0) is 13.5. The van der Waals surface area contributed by atoms with Gasteiger partial charge in [-0.3, -0.25) is 0 Å². The lowest BCUT2D eigenvalue weighted by molar-refractivity contribution is 0.132. The maximum atomic E-state index is 9.52. The second kappa shape index (κ2) is 7.24. The van der Waals surface area contributed by atoms with E-state index >= 15 is 0 Å². The number of hydrogen-bond acceptors (Lipinski definition) is 4. The molecule has 2 atom stereocenters. The molecular weight excluding hydrogens is 232 g/mol. The first-order valence-corrected chi connectivity index (χ1v) is 6.10. The van der Waals surface area contributed by atoms with E-state index in [1.165, 1.54) is 0 Å². The van der Waals surface area contributed by atoms with Crippen molar-refractivity contribution in [1.82, 2.24) is 0 Å². The van der Waals surface area contributed by atoms with Crippen LogP contribution in [-0.2, 0) is 4.74 Å². The predicted molar refractivity (Wildman–Crippen MR) is 70.2 cm³/mol. The van der Waals surface area contributed by atoms with E-state index in [1.54, 1.807) is 27.2 Å². The molecule has 0 saturated carbocycles. The predicted octanol–water partition coefficient (Wildman–Crippen LogP) is 2.55. The second-order valence-electron chi connectivity index (χ2n) is 4.30. The average molecular weight is 254 g/mol. The number of aliphatic hydroxyl groups is 1. The van der Waals surface area contributed by atoms with Crippen LogP contribution in [0, 0.1) is 0 Å². The maximum absolute atomic E-state index is 9.52. The van der Waals surface area contributed by atoms with Crippen LogP contribution in [0.2, 0.25) is 0 Å². The van der Waals surface area contributed by atoms with Crippen LogP contribution in [0.25, 0.3) is 0 Å². The van der Waals surface area contributed by atoms with Gasteiger partial charge in [0.15, 0.2) is 11.5 Å². The summed E-state index contributed by atoms with van der Waals surface area (Å²) >= 11 is 0. The summed E-state index contributed by atoms with van der Waals surface area (Å²) in [6.07, 6.45) is 0.354. The number of hydrogen-bond donors (Lipinski definition) is 1. The molecule has 18 heavy (non-hydrogen) atoms. The van der Waals surface area contributed by atoms with Gasteiger partial charge < -0.3 is 19.3 Å². The molecule has 0 fully saturated rings. The van der Waals surface area contributed by atoms with Crippen molar-refractivity contribution in [3.63, 3.8) is 0 Å². The Morgan fingerprint density at radius 1 is 1.17 bits per heavy atom. The zero-order valence-electron chi connectivity index (χ0n) is 11.5. The number of aliphatic hydroxyl groups excluding tert-OH is 1. The minimum atomic E-state index is -0.515. The Bertz CT molecular complexity index is 363. The largest absolute Gasteiger partial charge is 0.493 e. The van der Waals surface area contributed by atoms with Gasteiger partial charge in [-0.1, -0.05) is 6.07 Å². The van der Waals surface area contributed by atoms with Crippen LogP contribution in [0.3, 0.4) is 0 Å². The highest BCUT2D eigenvalue weighted by Gasteiger charge is 2.11. The molecule has 0 amide bonds. The van der Waals surface area contributed by atoms with Gasteiger partial charge in [0.05, 0.1) is 19.3 Å². The molecule has 0 radical (unpaired) electrons. The van der Waals surface area contributed by atoms with E-state index in [-0.39, 0.29) is 6.10 Å². The summed E-state index contributed by atoms with van der Waals surface area (Å²) < 4.78 is 16.1. The lowest BCUT2D eigenvalue weighted by atomic mass is 10.1. The smallest absolute Gasteiger partial charge is 0.161 e. The molecule has 1 aromatic carbocycles. The molecule has 0 saturated heterocycles. The molecule has 102 valence electrons. The van der Waals surface area contributed by atoms with Crippen molar-refractivity contribution in [1.29, 1.82) is 0 Å². The molecule has 1 N–H and O–H groups in total. The van der Waals surface area contributed by atoms with Crippen molar-refractivity contribution in [2.75, 3.05) is 20.8 Å². The van der Waals surface area contributed by atoms with Crippen molar-refractivity contribution < 1.29 is 19.3 Å². The fourth-order valence-electron chi connectivity index (χ4n) is 1.60. The van der Waals surface area contributed by atoms with Crippen LogP contribution in [-0.4, -0.2) is 32.0 Å². The van der Waals surface area contributed by atoms with E-state index in [2.05, 4.69) is 0 Å². The third kappa shape index (κ3) is 4.20. The molecule has 1 unspecified atom stereocenters. The van der Waals surface area contributed by atoms with Gasteiger partial charge in [-0.2, -0.15) is 0 Å². The normalized spacial score (nSPS) is 14.1. The Labute approximate surface area is 108 Å². The molecule has 0 aliphatic carbocycles. The monoisotopic (exact) mass is 254 g/mol. The number of methoxy groups -OCH3 is 2. The number of benzene rings is 1. The molecular formula is C14H22O4. The van der Waals surface area contributed by atoms with E-state index in [1.807, 2.05) is 19.1 Å². The summed E-state index contributed by atoms with van der Waals surface area (Å²) in [6.45, 7) is 4.37. The quantitative estimate of drug-likeness (QED) is 0.812. The lowest BCUT2D eigenvalue weighted by Crippen LogP contribution is -2.14. The third-order valence-electron chi connectivity index (χ3n) is 2.73. The highest BCUT2D eigenvalue weighted by atomic mass is 16.5. The van der Waals surface area contributed by atoms with Gasteiger partial charge in [0.1, 0.15) is 0 Å². The van der Waals surface area contributed by atoms with Crippen molar-refractivity contribution in [3.8, 4) is 11.5 Å². The second-order valence-corrected chi connectivity index (χ2v) is 4.30. The van der Waals surface area contributed by atoms with Crippen molar-refractivity contribution in [2.45, 2.75) is 32.5 Å². The topological polar surface area (TPSA) is 47.9 Å². The Morgan fingerprint density at radius 2 is 1.89 bits per heavy atom. The van der Waals surface area contributed by atoms with E-state index in [9.17, 15) is 5.11 Å². The SMILES string of the molecule is COCCC(C)Oc1ccc([C@@H](C)O)cc1OC. The van der Waals surface area contributed by atoms with Gasteiger partial charge in [-0.25, -0.2) is 0 Å². The Hall–Kier alpha value is -1.26. The first-order chi connectivity index (χ1) is 8.58. The average Bonchev–Trinajstić information content (AvgIpc) is 2.36. The van der Waals surface area contributed by atoms with E-state index < -0.39 is 6.10 Å². The molecule has 1 aromatic rings. The van der Waals surface area contributed by atoms with Crippen LogP contribution < -0.4 is 9.47 Å². The first kappa shape index (κ1) is 14.8. The van der Waals surface area contributed by atoms with Crippen molar-refractivity contribution >= 4 is 0 Å². The minimum Gasteiger partial charge on any atom is -0.493 e. The van der Waals surface area contributed by atoms with Gasteiger partial charge in [-0.15, -0.1) is 0 Å². The van der Waals surface area contributed by atoms with Crippen LogP contribution in [0.4, 0.5) is 0 Å². The third-order valence-corrected chi connectivity index (χ3v) is 2.73. The molecule has 0 aliphatic rings. The van der Waals surface area contributed by atoms with Gasteiger partial charge in [0.2, 0.25) is 0 Å². The van der Waals surface area contributed by atoms with Gasteiger partial charge in [0, 0.05) is 20.1 Å². The first-order valence-electron chi connectivity index (χ1n) is 6.10. The molecule has 4 nitrogen and oxygen atoms in total. The highest BCUT2D eigenvalue weighted by molar-refractivity contribution is 5.43. The molecule has 1 rings (SSSR count). The lowest BCUT2D eigenvalue weighted by Gasteiger charge is -2.17.